The Balaban J connectivity index is 3.50. The van der Waals surface area contributed by atoms with Gasteiger partial charge in [0.1, 0.15) is 0 Å². The molecule has 0 rings (SSSR count). The fourth-order valence-corrected chi connectivity index (χ4v) is 0.703. The number of hydrogen-bond acceptors (Lipinski definition) is 4. The molecule has 0 radical (unpaired) electrons. The van der Waals surface area contributed by atoms with Crippen molar-refractivity contribution in [3.8, 4) is 0 Å². The van der Waals surface area contributed by atoms with Gasteiger partial charge in [-0.05, 0) is 13.8 Å². The van der Waals surface area contributed by atoms with E-state index in [1.807, 2.05) is 13.8 Å². The monoisotopic (exact) mass is 189 g/mol. The third-order valence-corrected chi connectivity index (χ3v) is 1.87. The Morgan fingerprint density at radius 2 is 2.08 bits per heavy atom. The Kier molecular flexibility index (Phi) is 5.66. The smallest absolute Gasteiger partial charge is 0.307 e. The Morgan fingerprint density at radius 3 is 2.54 bits per heavy atom. The van der Waals surface area contributed by atoms with Crippen molar-refractivity contribution in [2.75, 3.05) is 20.3 Å². The molecule has 78 valence electrons. The lowest BCUT2D eigenvalue weighted by Gasteiger charge is -2.22. The molecule has 4 heteroatoms. The van der Waals surface area contributed by atoms with E-state index >= 15 is 0 Å². The highest BCUT2D eigenvalue weighted by molar-refractivity contribution is 5.69. The lowest BCUT2D eigenvalue weighted by molar-refractivity contribution is -0.144. The van der Waals surface area contributed by atoms with E-state index in [-0.39, 0.29) is 18.0 Å². The van der Waals surface area contributed by atoms with E-state index in [0.29, 0.717) is 19.6 Å². The average Bonchev–Trinajstić information content (AvgIpc) is 2.05. The Labute approximate surface area is 79.4 Å². The van der Waals surface area contributed by atoms with Crippen molar-refractivity contribution in [2.24, 2.45) is 5.73 Å². The summed E-state index contributed by atoms with van der Waals surface area (Å²) < 4.78 is 10.1. The van der Waals surface area contributed by atoms with E-state index < -0.39 is 0 Å². The van der Waals surface area contributed by atoms with Gasteiger partial charge >= 0.3 is 5.97 Å². The molecule has 0 heterocycles. The van der Waals surface area contributed by atoms with Gasteiger partial charge in [0.15, 0.2) is 0 Å². The minimum absolute atomic E-state index is 0.233. The molecule has 0 aliphatic carbocycles. The van der Waals surface area contributed by atoms with Gasteiger partial charge in [-0.2, -0.15) is 0 Å². The van der Waals surface area contributed by atoms with Crippen LogP contribution in [-0.2, 0) is 14.3 Å². The largest absolute Gasteiger partial charge is 0.466 e. The number of esters is 1. The number of rotatable bonds is 6. The Morgan fingerprint density at radius 1 is 1.46 bits per heavy atom. The molecule has 0 aliphatic rings. The molecule has 0 atom stereocenters. The van der Waals surface area contributed by atoms with Crippen LogP contribution in [0.25, 0.3) is 0 Å². The van der Waals surface area contributed by atoms with Crippen LogP contribution < -0.4 is 5.73 Å². The van der Waals surface area contributed by atoms with Crippen molar-refractivity contribution in [2.45, 2.75) is 32.3 Å². The van der Waals surface area contributed by atoms with E-state index in [1.165, 1.54) is 0 Å². The molecular formula is C9H19NO3. The van der Waals surface area contributed by atoms with Gasteiger partial charge < -0.3 is 15.2 Å². The van der Waals surface area contributed by atoms with Crippen molar-refractivity contribution >= 4 is 5.97 Å². The second kappa shape index (κ2) is 5.94. The number of hydrogen-bond donors (Lipinski definition) is 1. The van der Waals surface area contributed by atoms with Crippen LogP contribution in [0.15, 0.2) is 0 Å². The SMILES string of the molecule is COC(C)(C)CCOC(=O)CCN. The van der Waals surface area contributed by atoms with Crippen LogP contribution in [0.4, 0.5) is 0 Å². The third kappa shape index (κ3) is 6.54. The summed E-state index contributed by atoms with van der Waals surface area (Å²) in [6.45, 7) is 4.62. The molecule has 0 aromatic heterocycles. The molecule has 0 saturated carbocycles. The molecule has 0 fully saturated rings. The number of ether oxygens (including phenoxy) is 2. The molecule has 0 unspecified atom stereocenters. The van der Waals surface area contributed by atoms with Crippen molar-refractivity contribution in [1.82, 2.24) is 0 Å². The predicted octanol–water partition coefficient (Wildman–Crippen LogP) is 0.694. The fraction of sp³-hybridized carbons (Fsp3) is 0.889. The van der Waals surface area contributed by atoms with E-state index in [1.54, 1.807) is 7.11 Å². The minimum Gasteiger partial charge on any atom is -0.466 e. The van der Waals surface area contributed by atoms with Crippen LogP contribution >= 0.6 is 0 Å². The van der Waals surface area contributed by atoms with Gasteiger partial charge in [0.05, 0.1) is 18.6 Å². The summed E-state index contributed by atoms with van der Waals surface area (Å²) in [7, 11) is 1.64. The van der Waals surface area contributed by atoms with Gasteiger partial charge in [0, 0.05) is 20.1 Å². The molecule has 0 amide bonds. The van der Waals surface area contributed by atoms with Gasteiger partial charge in [0.2, 0.25) is 0 Å². The lowest BCUT2D eigenvalue weighted by Crippen LogP contribution is -2.25. The summed E-state index contributed by atoms with van der Waals surface area (Å²) >= 11 is 0. The molecule has 0 spiro atoms. The maximum absolute atomic E-state index is 10.9. The molecule has 0 bridgehead atoms. The van der Waals surface area contributed by atoms with Gasteiger partial charge in [0.25, 0.3) is 0 Å². The van der Waals surface area contributed by atoms with E-state index in [4.69, 9.17) is 15.2 Å². The quantitative estimate of drug-likeness (QED) is 0.624. The first-order chi connectivity index (χ1) is 6.02. The summed E-state index contributed by atoms with van der Waals surface area (Å²) in [4.78, 5) is 10.9. The van der Waals surface area contributed by atoms with Crippen LogP contribution in [0.2, 0.25) is 0 Å². The molecular weight excluding hydrogens is 170 g/mol. The van der Waals surface area contributed by atoms with Crippen molar-refractivity contribution in [1.29, 1.82) is 0 Å². The van der Waals surface area contributed by atoms with Gasteiger partial charge in [-0.3, -0.25) is 4.79 Å². The number of carbonyl (C=O) groups is 1. The zero-order valence-electron chi connectivity index (χ0n) is 8.63. The summed E-state index contributed by atoms with van der Waals surface area (Å²) in [5.74, 6) is -0.241. The molecule has 0 aromatic carbocycles. The highest BCUT2D eigenvalue weighted by atomic mass is 16.5. The van der Waals surface area contributed by atoms with Crippen LogP contribution in [0, 0.1) is 0 Å². The Bertz CT molecular complexity index is 157. The second-order valence-corrected chi connectivity index (χ2v) is 3.47. The van der Waals surface area contributed by atoms with E-state index in [9.17, 15) is 4.79 Å². The van der Waals surface area contributed by atoms with Crippen molar-refractivity contribution in [3.05, 3.63) is 0 Å². The number of carbonyl (C=O) groups excluding carboxylic acids is 1. The van der Waals surface area contributed by atoms with E-state index in [0.717, 1.165) is 0 Å². The van der Waals surface area contributed by atoms with Crippen LogP contribution in [0.3, 0.4) is 0 Å². The van der Waals surface area contributed by atoms with Crippen LogP contribution in [0.5, 0.6) is 0 Å². The lowest BCUT2D eigenvalue weighted by atomic mass is 10.1. The predicted molar refractivity (Wildman–Crippen MR) is 50.3 cm³/mol. The zero-order chi connectivity index (χ0) is 10.3. The molecule has 0 saturated heterocycles. The van der Waals surface area contributed by atoms with E-state index in [2.05, 4.69) is 0 Å². The van der Waals surface area contributed by atoms with Crippen molar-refractivity contribution in [3.63, 3.8) is 0 Å². The number of nitrogens with two attached hydrogens (primary N) is 1. The summed E-state index contributed by atoms with van der Waals surface area (Å²) in [6.07, 6.45) is 0.979. The highest BCUT2D eigenvalue weighted by Gasteiger charge is 2.16. The van der Waals surface area contributed by atoms with Gasteiger partial charge in [-0.15, -0.1) is 0 Å². The second-order valence-electron chi connectivity index (χ2n) is 3.47. The zero-order valence-corrected chi connectivity index (χ0v) is 8.63. The molecule has 4 nitrogen and oxygen atoms in total. The average molecular weight is 189 g/mol. The third-order valence-electron chi connectivity index (χ3n) is 1.87. The fourth-order valence-electron chi connectivity index (χ4n) is 0.703. The first-order valence-corrected chi connectivity index (χ1v) is 4.42. The number of methoxy groups -OCH3 is 1. The standard InChI is InChI=1S/C9H19NO3/c1-9(2,12-3)5-7-13-8(11)4-6-10/h4-7,10H2,1-3H3. The van der Waals surface area contributed by atoms with Crippen molar-refractivity contribution < 1.29 is 14.3 Å². The molecule has 2 N–H and O–H groups in total. The van der Waals surface area contributed by atoms with Crippen LogP contribution in [0.1, 0.15) is 26.7 Å². The molecule has 0 aromatic rings. The maximum Gasteiger partial charge on any atom is 0.307 e. The molecule has 0 aliphatic heterocycles. The first-order valence-electron chi connectivity index (χ1n) is 4.42. The van der Waals surface area contributed by atoms with Gasteiger partial charge in [-0.1, -0.05) is 0 Å². The topological polar surface area (TPSA) is 61.5 Å². The van der Waals surface area contributed by atoms with Crippen LogP contribution in [-0.4, -0.2) is 31.8 Å². The minimum atomic E-state index is -0.241. The summed E-state index contributed by atoms with van der Waals surface area (Å²) in [5, 5.41) is 0. The Hall–Kier alpha value is -0.610. The first kappa shape index (κ1) is 12.4. The van der Waals surface area contributed by atoms with Gasteiger partial charge in [-0.25, -0.2) is 0 Å². The maximum atomic E-state index is 10.9. The highest BCUT2D eigenvalue weighted by Crippen LogP contribution is 2.12. The normalized spacial score (nSPS) is 11.4. The summed E-state index contributed by atoms with van der Waals surface area (Å²) in [5.41, 5.74) is 4.95. The molecule has 13 heavy (non-hydrogen) atoms. The summed E-state index contributed by atoms with van der Waals surface area (Å²) in [6, 6.07) is 0.